The number of aliphatic hydroxyl groups excluding tert-OH is 10. The molecule has 0 radical (unpaired) electrons. The lowest BCUT2D eigenvalue weighted by Gasteiger charge is -2.48. The molecule has 3 heterocycles. The van der Waals surface area contributed by atoms with Gasteiger partial charge in [0, 0.05) is 7.11 Å². The van der Waals surface area contributed by atoms with Crippen LogP contribution in [-0.2, 0) is 28.4 Å². The van der Waals surface area contributed by atoms with E-state index in [4.69, 9.17) is 28.4 Å². The van der Waals surface area contributed by atoms with Gasteiger partial charge >= 0.3 is 0 Å². The number of aliphatic hydroxyl groups is 10. The summed E-state index contributed by atoms with van der Waals surface area (Å²) in [5, 5.41) is 100. The summed E-state index contributed by atoms with van der Waals surface area (Å²) >= 11 is 0. The zero-order valence-electron chi connectivity index (χ0n) is 18.7. The van der Waals surface area contributed by atoms with E-state index in [1.807, 2.05) is 0 Å². The summed E-state index contributed by atoms with van der Waals surface area (Å²) < 4.78 is 32.4. The highest BCUT2D eigenvalue weighted by atomic mass is 16.8. The molecule has 35 heavy (non-hydrogen) atoms. The third-order valence-corrected chi connectivity index (χ3v) is 6.31. The molecule has 3 rings (SSSR count). The molecule has 3 aliphatic rings. The molecule has 0 aromatic rings. The minimum atomic E-state index is -1.86. The Kier molecular flexibility index (Phi) is 10.1. The molecule has 0 bridgehead atoms. The molecule has 16 heteroatoms. The van der Waals surface area contributed by atoms with E-state index >= 15 is 0 Å². The van der Waals surface area contributed by atoms with E-state index in [0.29, 0.717) is 0 Å². The molecule has 10 N–H and O–H groups in total. The van der Waals surface area contributed by atoms with Gasteiger partial charge in [0.1, 0.15) is 73.2 Å². The van der Waals surface area contributed by atoms with Gasteiger partial charge in [0.25, 0.3) is 0 Å². The van der Waals surface area contributed by atoms with Gasteiger partial charge in [-0.1, -0.05) is 0 Å². The van der Waals surface area contributed by atoms with Gasteiger partial charge in [0.2, 0.25) is 0 Å². The van der Waals surface area contributed by atoms with Crippen LogP contribution in [0.15, 0.2) is 0 Å². The van der Waals surface area contributed by atoms with E-state index in [-0.39, 0.29) is 0 Å². The van der Waals surface area contributed by atoms with Crippen molar-refractivity contribution < 1.29 is 79.5 Å². The summed E-state index contributed by atoms with van der Waals surface area (Å²) in [7, 11) is 1.19. The van der Waals surface area contributed by atoms with Crippen molar-refractivity contribution in [1.82, 2.24) is 0 Å². The second-order valence-corrected chi connectivity index (χ2v) is 8.55. The second-order valence-electron chi connectivity index (χ2n) is 8.55. The molecule has 3 saturated heterocycles. The van der Waals surface area contributed by atoms with Gasteiger partial charge in [0.05, 0.1) is 19.8 Å². The van der Waals surface area contributed by atoms with Gasteiger partial charge in [-0.15, -0.1) is 0 Å². The van der Waals surface area contributed by atoms with Crippen LogP contribution in [0, 0.1) is 0 Å². The number of hydrogen-bond acceptors (Lipinski definition) is 16. The summed E-state index contributed by atoms with van der Waals surface area (Å²) in [4.78, 5) is 0. The van der Waals surface area contributed by atoms with E-state index in [2.05, 4.69) is 0 Å². The molecule has 0 aromatic carbocycles. The van der Waals surface area contributed by atoms with Crippen LogP contribution in [-0.4, -0.2) is 170 Å². The Hall–Kier alpha value is -0.640. The first-order valence-corrected chi connectivity index (χ1v) is 11.0. The predicted octanol–water partition coefficient (Wildman–Crippen LogP) is -6.92. The monoisotopic (exact) mass is 518 g/mol. The molecule has 0 aliphatic carbocycles. The minimum Gasteiger partial charge on any atom is -0.394 e. The van der Waals surface area contributed by atoms with Crippen molar-refractivity contribution in [2.24, 2.45) is 0 Å². The van der Waals surface area contributed by atoms with Crippen LogP contribution in [0.2, 0.25) is 0 Å². The summed E-state index contributed by atoms with van der Waals surface area (Å²) in [6.07, 6.45) is -24.2. The highest BCUT2D eigenvalue weighted by molar-refractivity contribution is 4.96. The summed E-state index contributed by atoms with van der Waals surface area (Å²) in [5.41, 5.74) is 0. The maximum atomic E-state index is 10.7. The first-order valence-electron chi connectivity index (χ1n) is 11.0. The first-order chi connectivity index (χ1) is 16.6. The van der Waals surface area contributed by atoms with Crippen LogP contribution in [0.25, 0.3) is 0 Å². The van der Waals surface area contributed by atoms with Crippen molar-refractivity contribution in [3.05, 3.63) is 0 Å². The molecule has 16 nitrogen and oxygen atoms in total. The lowest BCUT2D eigenvalue weighted by Crippen LogP contribution is -2.67. The Morgan fingerprint density at radius 2 is 0.857 bits per heavy atom. The normalized spacial score (nSPS) is 51.3. The van der Waals surface area contributed by atoms with Crippen molar-refractivity contribution in [1.29, 1.82) is 0 Å². The fraction of sp³-hybridized carbons (Fsp3) is 1.00. The van der Waals surface area contributed by atoms with Gasteiger partial charge in [-0.3, -0.25) is 0 Å². The molecule has 3 fully saturated rings. The Morgan fingerprint density at radius 3 is 1.31 bits per heavy atom. The highest BCUT2D eigenvalue weighted by Crippen LogP contribution is 2.33. The van der Waals surface area contributed by atoms with Crippen LogP contribution < -0.4 is 0 Å². The molecular weight excluding hydrogens is 484 g/mol. The maximum Gasteiger partial charge on any atom is 0.187 e. The van der Waals surface area contributed by atoms with Crippen LogP contribution >= 0.6 is 0 Å². The van der Waals surface area contributed by atoms with E-state index in [1.54, 1.807) is 0 Å². The molecule has 0 aromatic heterocycles. The number of hydrogen-bond donors (Lipinski definition) is 10. The van der Waals surface area contributed by atoms with Crippen molar-refractivity contribution in [2.45, 2.75) is 92.1 Å². The average molecular weight is 518 g/mol. The summed E-state index contributed by atoms with van der Waals surface area (Å²) in [6.45, 7) is -2.17. The molecule has 0 spiro atoms. The Morgan fingerprint density at radius 1 is 0.486 bits per heavy atom. The number of ether oxygens (including phenoxy) is 6. The molecule has 0 amide bonds. The molecular formula is C19H34O16. The number of rotatable bonds is 8. The third-order valence-electron chi connectivity index (χ3n) is 6.31. The predicted molar refractivity (Wildman–Crippen MR) is 106 cm³/mol. The average Bonchev–Trinajstić information content (AvgIpc) is 2.86. The Balaban J connectivity index is 1.84. The van der Waals surface area contributed by atoms with Gasteiger partial charge in [-0.2, -0.15) is 0 Å². The van der Waals surface area contributed by atoms with E-state index in [0.717, 1.165) is 0 Å². The van der Waals surface area contributed by atoms with Gasteiger partial charge in [0.15, 0.2) is 18.9 Å². The quantitative estimate of drug-likeness (QED) is 0.143. The van der Waals surface area contributed by atoms with Gasteiger partial charge in [-0.25, -0.2) is 0 Å². The lowest BCUT2D eigenvalue weighted by atomic mass is 9.96. The fourth-order valence-electron chi connectivity index (χ4n) is 4.19. The first kappa shape index (κ1) is 28.9. The SMILES string of the molecule is CO[C@H]1O[C@H](CO)[C@@H](O)[C@H](O)[C@@H]1O[C@H]1O[C@H](CO)[C@@H](O)[C@H](O)[C@@H]1O[C@@H]1O[C@H](CO)[C@@H](O)[C@H](O)[C@@H]1O. The standard InChI is InChI=1S/C19H34O16/c1-30-18-15(12(27)9(24)6(3-21)32-18)35-19-16(13(28)10(25)7(4-22)33-19)34-17-14(29)11(26)8(23)5(2-20)31-17/h5-29H,2-4H2,1H3/t5-,6-,7-,8-,9-,10-,11+,12+,13+,14+,15+,16+,17+,18+,19-/m1/s1. The van der Waals surface area contributed by atoms with Crippen LogP contribution in [0.1, 0.15) is 0 Å². The van der Waals surface area contributed by atoms with Crippen LogP contribution in [0.4, 0.5) is 0 Å². The molecule has 0 saturated carbocycles. The zero-order valence-corrected chi connectivity index (χ0v) is 18.7. The molecule has 0 unspecified atom stereocenters. The molecule has 3 aliphatic heterocycles. The lowest BCUT2D eigenvalue weighted by molar-refractivity contribution is -0.392. The smallest absolute Gasteiger partial charge is 0.187 e. The van der Waals surface area contributed by atoms with E-state index in [1.165, 1.54) is 7.11 Å². The number of methoxy groups -OCH3 is 1. The Labute approximate surface area is 199 Å². The van der Waals surface area contributed by atoms with Gasteiger partial charge < -0.3 is 79.5 Å². The van der Waals surface area contributed by atoms with Crippen molar-refractivity contribution in [3.8, 4) is 0 Å². The van der Waals surface area contributed by atoms with Crippen LogP contribution in [0.3, 0.4) is 0 Å². The Bertz CT molecular complexity index is 652. The van der Waals surface area contributed by atoms with Crippen molar-refractivity contribution in [2.75, 3.05) is 26.9 Å². The molecule has 206 valence electrons. The third kappa shape index (κ3) is 5.78. The van der Waals surface area contributed by atoms with E-state index < -0.39 is 112 Å². The van der Waals surface area contributed by atoms with E-state index in [9.17, 15) is 51.1 Å². The fourth-order valence-corrected chi connectivity index (χ4v) is 4.19. The molecule has 15 atom stereocenters. The van der Waals surface area contributed by atoms with Crippen molar-refractivity contribution in [3.63, 3.8) is 0 Å². The topological polar surface area (TPSA) is 258 Å². The zero-order chi connectivity index (χ0) is 26.0. The highest BCUT2D eigenvalue weighted by Gasteiger charge is 2.53. The minimum absolute atomic E-state index is 0.648. The van der Waals surface area contributed by atoms with Crippen molar-refractivity contribution >= 4 is 0 Å². The maximum absolute atomic E-state index is 10.7. The summed E-state index contributed by atoms with van der Waals surface area (Å²) in [5.74, 6) is 0. The summed E-state index contributed by atoms with van der Waals surface area (Å²) in [6, 6.07) is 0. The van der Waals surface area contributed by atoms with Gasteiger partial charge in [-0.05, 0) is 0 Å². The van der Waals surface area contributed by atoms with Crippen LogP contribution in [0.5, 0.6) is 0 Å². The second kappa shape index (κ2) is 12.3. The largest absolute Gasteiger partial charge is 0.394 e.